The van der Waals surface area contributed by atoms with Gasteiger partial charge in [0.25, 0.3) is 0 Å². The number of hydrogen-bond donors (Lipinski definition) is 9. The Hall–Kier alpha value is -2.05. The summed E-state index contributed by atoms with van der Waals surface area (Å²) in [6, 6.07) is -0.941. The van der Waals surface area contributed by atoms with Crippen LogP contribution in [0.5, 0.6) is 0 Å². The summed E-state index contributed by atoms with van der Waals surface area (Å²) in [5.74, 6) is -0.266. The minimum Gasteiger partial charge on any atom is -0.394 e. The largest absolute Gasteiger partial charge is 0.394 e. The molecule has 9 N–H and O–H groups in total. The van der Waals surface area contributed by atoms with E-state index in [2.05, 4.69) is 55.6 Å². The van der Waals surface area contributed by atoms with Crippen LogP contribution in [-0.4, -0.2) is 140 Å². The van der Waals surface area contributed by atoms with E-state index >= 15 is 0 Å². The smallest absolute Gasteiger partial charge is 0.220 e. The van der Waals surface area contributed by atoms with Crippen molar-refractivity contribution in [2.45, 2.75) is 261 Å². The van der Waals surface area contributed by atoms with E-state index in [0.717, 1.165) is 64.2 Å². The third-order valence-corrected chi connectivity index (χ3v) is 12.7. The highest BCUT2D eigenvalue weighted by Crippen LogP contribution is 2.30. The van der Waals surface area contributed by atoms with Crippen molar-refractivity contribution in [3.63, 3.8) is 0 Å². The topological polar surface area (TPSA) is 228 Å². The maximum Gasteiger partial charge on any atom is 0.220 e. The molecule has 0 aliphatic carbocycles. The molecule has 2 heterocycles. The van der Waals surface area contributed by atoms with Gasteiger partial charge in [0, 0.05) is 6.42 Å². The van der Waals surface area contributed by atoms with Crippen molar-refractivity contribution in [3.05, 3.63) is 48.6 Å². The van der Waals surface area contributed by atoms with Gasteiger partial charge < -0.3 is 65.1 Å². The summed E-state index contributed by atoms with van der Waals surface area (Å²) < 4.78 is 22.7. The van der Waals surface area contributed by atoms with Crippen molar-refractivity contribution < 1.29 is 64.6 Å². The predicted octanol–water partition coefficient (Wildman–Crippen LogP) is 7.27. The second kappa shape index (κ2) is 39.6. The molecule has 2 aliphatic rings. The Labute approximate surface area is 403 Å². The highest BCUT2D eigenvalue weighted by atomic mass is 16.7. The first-order chi connectivity index (χ1) is 32.6. The van der Waals surface area contributed by atoms with E-state index in [4.69, 9.17) is 18.9 Å². The Kier molecular flexibility index (Phi) is 36.1. The van der Waals surface area contributed by atoms with Crippen LogP contribution in [0.2, 0.25) is 0 Å². The van der Waals surface area contributed by atoms with E-state index in [0.29, 0.717) is 12.8 Å². The molecule has 0 saturated carbocycles. The molecule has 0 radical (unpaired) electrons. The van der Waals surface area contributed by atoms with Crippen LogP contribution in [0.4, 0.5) is 0 Å². The number of carbonyl (C=O) groups is 1. The van der Waals surface area contributed by atoms with E-state index in [9.17, 15) is 45.6 Å². The lowest BCUT2D eigenvalue weighted by Gasteiger charge is -2.46. The van der Waals surface area contributed by atoms with Gasteiger partial charge >= 0.3 is 0 Å². The monoisotopic (exact) mass is 954 g/mol. The van der Waals surface area contributed by atoms with Gasteiger partial charge in [0.15, 0.2) is 12.6 Å². The van der Waals surface area contributed by atoms with E-state index < -0.39 is 86.8 Å². The van der Waals surface area contributed by atoms with Gasteiger partial charge in [-0.05, 0) is 70.6 Å². The molecule has 12 unspecified atom stereocenters. The predicted molar refractivity (Wildman–Crippen MR) is 263 cm³/mol. The maximum absolute atomic E-state index is 13.1. The second-order valence-corrected chi connectivity index (χ2v) is 18.6. The number of ether oxygens (including phenoxy) is 4. The molecule has 0 spiro atoms. The number of carbonyl (C=O) groups excluding carboxylic acids is 1. The van der Waals surface area contributed by atoms with Crippen LogP contribution in [0.3, 0.4) is 0 Å². The number of unbranched alkanes of at least 4 members (excludes halogenated alkanes) is 21. The van der Waals surface area contributed by atoms with Crippen LogP contribution in [0.1, 0.15) is 187 Å². The average Bonchev–Trinajstić information content (AvgIpc) is 3.32. The number of hydrogen-bond acceptors (Lipinski definition) is 13. The Morgan fingerprint density at radius 2 is 0.955 bits per heavy atom. The number of amides is 1. The normalized spacial score (nSPS) is 27.0. The van der Waals surface area contributed by atoms with E-state index in [1.165, 1.54) is 89.9 Å². The SMILES string of the molecule is CCCCC/C=C\CCCCCCCC(=O)NC(COC1OC(CO)C(OC2OC(CO)C(O)C(O)C2O)C(O)C1O)C(O)/C=C/CC/C=C/CC/C=C/CCCCCCCCCCCCC. The number of nitrogens with one attached hydrogen (secondary N) is 1. The molecule has 2 fully saturated rings. The summed E-state index contributed by atoms with van der Waals surface area (Å²) in [5.41, 5.74) is 0. The van der Waals surface area contributed by atoms with Gasteiger partial charge in [-0.3, -0.25) is 4.79 Å². The zero-order valence-corrected chi connectivity index (χ0v) is 41.4. The van der Waals surface area contributed by atoms with Gasteiger partial charge in [0.2, 0.25) is 5.91 Å². The molecule has 390 valence electrons. The van der Waals surface area contributed by atoms with Crippen LogP contribution >= 0.6 is 0 Å². The number of rotatable bonds is 40. The first-order valence-corrected chi connectivity index (χ1v) is 26.4. The van der Waals surface area contributed by atoms with Gasteiger partial charge in [0.05, 0.1) is 32.0 Å². The molecule has 0 aromatic heterocycles. The van der Waals surface area contributed by atoms with Gasteiger partial charge in [-0.15, -0.1) is 0 Å². The lowest BCUT2D eigenvalue weighted by Crippen LogP contribution is -2.65. The number of aliphatic hydroxyl groups excluding tert-OH is 8. The Morgan fingerprint density at radius 3 is 1.49 bits per heavy atom. The summed E-state index contributed by atoms with van der Waals surface area (Å²) in [5, 5.41) is 86.7. The van der Waals surface area contributed by atoms with Crippen molar-refractivity contribution in [1.29, 1.82) is 0 Å². The van der Waals surface area contributed by atoms with Crippen molar-refractivity contribution in [3.8, 4) is 0 Å². The fourth-order valence-corrected chi connectivity index (χ4v) is 8.37. The fraction of sp³-hybridized carbons (Fsp3) is 0.830. The molecule has 12 atom stereocenters. The zero-order chi connectivity index (χ0) is 48.9. The van der Waals surface area contributed by atoms with Crippen molar-refractivity contribution in [2.75, 3.05) is 19.8 Å². The van der Waals surface area contributed by atoms with Gasteiger partial charge in [0.1, 0.15) is 48.8 Å². The molecule has 14 heteroatoms. The van der Waals surface area contributed by atoms with Crippen LogP contribution in [-0.2, 0) is 23.7 Å². The van der Waals surface area contributed by atoms with Gasteiger partial charge in [-0.25, -0.2) is 0 Å². The Bertz CT molecular complexity index is 1310. The van der Waals surface area contributed by atoms with E-state index in [-0.39, 0.29) is 18.9 Å². The van der Waals surface area contributed by atoms with Crippen LogP contribution in [0, 0.1) is 0 Å². The highest BCUT2D eigenvalue weighted by Gasteiger charge is 2.51. The number of aliphatic hydroxyl groups is 8. The standard InChI is InChI=1S/C53H95NO13/c1-3-5-7-9-11-13-15-17-18-19-20-21-22-23-24-25-26-28-30-32-34-36-42(57)41(54-45(58)37-35-33-31-29-27-16-14-12-10-8-6-4-2)40-64-52-50(63)48(61)51(44(39-56)66-52)67-53-49(62)47(60)46(59)43(38-55)65-53/h12,14,22-23,26,28,34,36,41-44,46-53,55-57,59-63H,3-11,13,15-21,24-25,27,29-33,35,37-40H2,1-2H3,(H,54,58)/b14-12-,23-22+,28-26+,36-34+. The van der Waals surface area contributed by atoms with E-state index in [1.54, 1.807) is 6.08 Å². The fourth-order valence-electron chi connectivity index (χ4n) is 8.37. The minimum absolute atomic E-state index is 0.258. The van der Waals surface area contributed by atoms with Crippen LogP contribution in [0.25, 0.3) is 0 Å². The molecule has 14 nitrogen and oxygen atoms in total. The second-order valence-electron chi connectivity index (χ2n) is 18.6. The van der Waals surface area contributed by atoms with Gasteiger partial charge in [-0.1, -0.05) is 159 Å². The summed E-state index contributed by atoms with van der Waals surface area (Å²) in [4.78, 5) is 13.1. The molecular formula is C53H95NO13. The summed E-state index contributed by atoms with van der Waals surface area (Å²) in [6.07, 6.45) is 30.2. The number of allylic oxidation sites excluding steroid dienone is 7. The lowest BCUT2D eigenvalue weighted by atomic mass is 9.97. The van der Waals surface area contributed by atoms with Crippen LogP contribution < -0.4 is 5.32 Å². The minimum atomic E-state index is -1.79. The van der Waals surface area contributed by atoms with E-state index in [1.807, 2.05) is 6.08 Å². The summed E-state index contributed by atoms with van der Waals surface area (Å²) in [7, 11) is 0. The highest BCUT2D eigenvalue weighted by molar-refractivity contribution is 5.76. The third kappa shape index (κ3) is 26.7. The van der Waals surface area contributed by atoms with Crippen molar-refractivity contribution in [1.82, 2.24) is 5.32 Å². The van der Waals surface area contributed by atoms with Crippen LogP contribution in [0.15, 0.2) is 48.6 Å². The summed E-state index contributed by atoms with van der Waals surface area (Å²) in [6.45, 7) is 2.72. The molecule has 0 bridgehead atoms. The molecule has 0 aromatic rings. The van der Waals surface area contributed by atoms with Crippen molar-refractivity contribution >= 4 is 5.91 Å². The third-order valence-electron chi connectivity index (χ3n) is 12.7. The molecule has 0 aromatic carbocycles. The summed E-state index contributed by atoms with van der Waals surface area (Å²) >= 11 is 0. The first kappa shape index (κ1) is 61.1. The molecule has 67 heavy (non-hydrogen) atoms. The molecular weight excluding hydrogens is 859 g/mol. The lowest BCUT2D eigenvalue weighted by molar-refractivity contribution is -0.359. The molecule has 2 aliphatic heterocycles. The molecule has 1 amide bonds. The molecule has 2 saturated heterocycles. The first-order valence-electron chi connectivity index (χ1n) is 26.4. The molecule has 2 rings (SSSR count). The Balaban J connectivity index is 1.85. The van der Waals surface area contributed by atoms with Crippen molar-refractivity contribution in [2.24, 2.45) is 0 Å². The zero-order valence-electron chi connectivity index (χ0n) is 41.4. The maximum atomic E-state index is 13.1. The Morgan fingerprint density at radius 1 is 0.522 bits per heavy atom. The quantitative estimate of drug-likeness (QED) is 0.0218. The van der Waals surface area contributed by atoms with Gasteiger partial charge in [-0.2, -0.15) is 0 Å². The average molecular weight is 954 g/mol.